The number of fused-ring (bicyclic) bond motifs is 1. The van der Waals surface area contributed by atoms with Crippen molar-refractivity contribution in [1.29, 1.82) is 0 Å². The number of hydrogen-bond donors (Lipinski definition) is 1. The van der Waals surface area contributed by atoms with E-state index < -0.39 is 5.97 Å². The third kappa shape index (κ3) is 4.89. The monoisotopic (exact) mass is 558 g/mol. The number of carboxylic acid groups (broad SMARTS) is 1. The SMILES string of the molecule is O=C(O)CCc1cc(Br)c(OCc2ccc3cc(F)ccc3c2Br)c(Br)c1. The van der Waals surface area contributed by atoms with Crippen LogP contribution in [0.1, 0.15) is 17.5 Å². The largest absolute Gasteiger partial charge is 0.486 e. The number of benzene rings is 3. The Morgan fingerprint density at radius 2 is 1.74 bits per heavy atom. The molecule has 0 saturated heterocycles. The summed E-state index contributed by atoms with van der Waals surface area (Å²) in [5.74, 6) is -0.460. The summed E-state index contributed by atoms with van der Waals surface area (Å²) in [6.45, 7) is 0.319. The number of hydrogen-bond acceptors (Lipinski definition) is 2. The van der Waals surface area contributed by atoms with Crippen LogP contribution in [0, 0.1) is 5.82 Å². The molecule has 0 atom stereocenters. The summed E-state index contributed by atoms with van der Waals surface area (Å²) in [5, 5.41) is 10.6. The minimum Gasteiger partial charge on any atom is -0.486 e. The van der Waals surface area contributed by atoms with Crippen LogP contribution in [0.5, 0.6) is 5.75 Å². The zero-order valence-corrected chi connectivity index (χ0v) is 18.7. The first-order chi connectivity index (χ1) is 12.8. The minimum absolute atomic E-state index is 0.0731. The van der Waals surface area contributed by atoms with Gasteiger partial charge >= 0.3 is 5.97 Å². The summed E-state index contributed by atoms with van der Waals surface area (Å²) < 4.78 is 21.7. The maximum atomic E-state index is 13.4. The van der Waals surface area contributed by atoms with Crippen LogP contribution >= 0.6 is 47.8 Å². The van der Waals surface area contributed by atoms with Gasteiger partial charge in [-0.05, 0) is 94.8 Å². The van der Waals surface area contributed by atoms with Crippen molar-refractivity contribution < 1.29 is 19.0 Å². The Balaban J connectivity index is 1.80. The van der Waals surface area contributed by atoms with Crippen molar-refractivity contribution >= 4 is 64.5 Å². The number of carbonyl (C=O) groups is 1. The molecule has 0 unspecified atom stereocenters. The Morgan fingerprint density at radius 3 is 2.41 bits per heavy atom. The number of aryl methyl sites for hydroxylation is 1. The standard InChI is InChI=1S/C20H14Br3FO3/c21-16-7-11(1-6-18(25)26)8-17(22)20(16)27-10-13-3-2-12-9-14(24)4-5-15(12)19(13)23/h2-5,7-9H,1,6,10H2,(H,25,26). The van der Waals surface area contributed by atoms with E-state index in [9.17, 15) is 9.18 Å². The molecular formula is C20H14Br3FO3. The van der Waals surface area contributed by atoms with E-state index in [1.165, 1.54) is 12.1 Å². The lowest BCUT2D eigenvalue weighted by atomic mass is 10.1. The van der Waals surface area contributed by atoms with Gasteiger partial charge in [0, 0.05) is 16.5 Å². The predicted octanol–water partition coefficient (Wildman–Crippen LogP) is 6.86. The molecule has 0 saturated carbocycles. The average molecular weight is 561 g/mol. The summed E-state index contributed by atoms with van der Waals surface area (Å²) >= 11 is 10.6. The first-order valence-electron chi connectivity index (χ1n) is 8.04. The summed E-state index contributed by atoms with van der Waals surface area (Å²) in [6.07, 6.45) is 0.517. The highest BCUT2D eigenvalue weighted by Gasteiger charge is 2.12. The quantitative estimate of drug-likeness (QED) is 0.358. The zero-order chi connectivity index (χ0) is 19.6. The highest BCUT2D eigenvalue weighted by molar-refractivity contribution is 9.11. The number of aliphatic carboxylic acids is 1. The fourth-order valence-electron chi connectivity index (χ4n) is 2.72. The van der Waals surface area contributed by atoms with Gasteiger partial charge in [0.2, 0.25) is 0 Å². The van der Waals surface area contributed by atoms with E-state index in [1.54, 1.807) is 6.07 Å². The molecule has 3 aromatic carbocycles. The van der Waals surface area contributed by atoms with Crippen molar-refractivity contribution in [3.8, 4) is 5.75 Å². The first kappa shape index (κ1) is 20.3. The second kappa shape index (κ2) is 8.71. The Kier molecular flexibility index (Phi) is 6.55. The molecule has 7 heteroatoms. The molecule has 0 aliphatic rings. The molecule has 0 aliphatic heterocycles. The number of ether oxygens (including phenoxy) is 1. The number of halogens is 4. The van der Waals surface area contributed by atoms with Gasteiger partial charge in [0.1, 0.15) is 18.2 Å². The van der Waals surface area contributed by atoms with Gasteiger partial charge in [-0.1, -0.05) is 18.2 Å². The highest BCUT2D eigenvalue weighted by atomic mass is 79.9. The second-order valence-corrected chi connectivity index (χ2v) is 8.48. The smallest absolute Gasteiger partial charge is 0.303 e. The molecular weight excluding hydrogens is 547 g/mol. The van der Waals surface area contributed by atoms with Crippen molar-refractivity contribution in [2.45, 2.75) is 19.4 Å². The van der Waals surface area contributed by atoms with Gasteiger partial charge < -0.3 is 9.84 Å². The molecule has 0 spiro atoms. The van der Waals surface area contributed by atoms with Gasteiger partial charge in [-0.3, -0.25) is 4.79 Å². The molecule has 0 heterocycles. The zero-order valence-electron chi connectivity index (χ0n) is 13.9. The van der Waals surface area contributed by atoms with Crippen LogP contribution in [0.25, 0.3) is 10.8 Å². The van der Waals surface area contributed by atoms with Crippen molar-refractivity contribution in [3.63, 3.8) is 0 Å². The normalized spacial score (nSPS) is 11.0. The van der Waals surface area contributed by atoms with Crippen molar-refractivity contribution in [2.75, 3.05) is 0 Å². The summed E-state index contributed by atoms with van der Waals surface area (Å²) in [5.41, 5.74) is 1.83. The van der Waals surface area contributed by atoms with Crippen molar-refractivity contribution in [2.24, 2.45) is 0 Å². The Hall–Kier alpha value is -1.44. The van der Waals surface area contributed by atoms with Crippen LogP contribution in [-0.4, -0.2) is 11.1 Å². The van der Waals surface area contributed by atoms with Crippen LogP contribution in [0.4, 0.5) is 4.39 Å². The van der Waals surface area contributed by atoms with Gasteiger partial charge in [0.25, 0.3) is 0 Å². The Bertz CT molecular complexity index is 998. The van der Waals surface area contributed by atoms with Crippen molar-refractivity contribution in [3.05, 3.63) is 72.8 Å². The maximum Gasteiger partial charge on any atom is 0.303 e. The lowest BCUT2D eigenvalue weighted by Gasteiger charge is -2.14. The summed E-state index contributed by atoms with van der Waals surface area (Å²) in [6, 6.07) is 12.1. The van der Waals surface area contributed by atoms with Gasteiger partial charge in [0.05, 0.1) is 8.95 Å². The van der Waals surface area contributed by atoms with Gasteiger partial charge in [-0.15, -0.1) is 0 Å². The molecule has 0 fully saturated rings. The molecule has 0 radical (unpaired) electrons. The van der Waals surface area contributed by atoms with Crippen LogP contribution in [0.15, 0.2) is 55.9 Å². The molecule has 140 valence electrons. The molecule has 3 rings (SSSR count). The topological polar surface area (TPSA) is 46.5 Å². The molecule has 0 bridgehead atoms. The Labute approximate surface area is 180 Å². The van der Waals surface area contributed by atoms with Gasteiger partial charge in [0.15, 0.2) is 0 Å². The average Bonchev–Trinajstić information content (AvgIpc) is 2.60. The fourth-order valence-corrected chi connectivity index (χ4v) is 4.83. The molecule has 0 aromatic heterocycles. The van der Waals surface area contributed by atoms with Crippen LogP contribution < -0.4 is 4.74 Å². The van der Waals surface area contributed by atoms with E-state index in [1.807, 2.05) is 24.3 Å². The van der Waals surface area contributed by atoms with Crippen LogP contribution in [0.2, 0.25) is 0 Å². The minimum atomic E-state index is -0.830. The third-order valence-corrected chi connectivity index (χ3v) is 6.17. The molecule has 3 nitrogen and oxygen atoms in total. The second-order valence-electron chi connectivity index (χ2n) is 5.98. The molecule has 0 aliphatic carbocycles. The van der Waals surface area contributed by atoms with Gasteiger partial charge in [-0.25, -0.2) is 4.39 Å². The first-order valence-corrected chi connectivity index (χ1v) is 10.4. The molecule has 1 N–H and O–H groups in total. The van der Waals surface area contributed by atoms with Crippen molar-refractivity contribution in [1.82, 2.24) is 0 Å². The van der Waals surface area contributed by atoms with E-state index in [2.05, 4.69) is 47.8 Å². The fraction of sp³-hybridized carbons (Fsp3) is 0.150. The molecule has 3 aromatic rings. The Morgan fingerprint density at radius 1 is 1.04 bits per heavy atom. The molecule has 0 amide bonds. The lowest BCUT2D eigenvalue weighted by molar-refractivity contribution is -0.136. The maximum absolute atomic E-state index is 13.4. The van der Waals surface area contributed by atoms with Gasteiger partial charge in [-0.2, -0.15) is 0 Å². The highest BCUT2D eigenvalue weighted by Crippen LogP contribution is 2.37. The number of rotatable bonds is 6. The molecule has 27 heavy (non-hydrogen) atoms. The van der Waals surface area contributed by atoms with E-state index >= 15 is 0 Å². The summed E-state index contributed by atoms with van der Waals surface area (Å²) in [7, 11) is 0. The van der Waals surface area contributed by atoms with Crippen LogP contribution in [-0.2, 0) is 17.8 Å². The van der Waals surface area contributed by atoms with E-state index in [4.69, 9.17) is 9.84 Å². The lowest BCUT2D eigenvalue weighted by Crippen LogP contribution is -2.01. The van der Waals surface area contributed by atoms with E-state index in [0.717, 1.165) is 35.3 Å². The van der Waals surface area contributed by atoms with Crippen LogP contribution in [0.3, 0.4) is 0 Å². The summed E-state index contributed by atoms with van der Waals surface area (Å²) in [4.78, 5) is 10.7. The predicted molar refractivity (Wildman–Crippen MR) is 114 cm³/mol. The number of carboxylic acids is 1. The van der Waals surface area contributed by atoms with E-state index in [-0.39, 0.29) is 12.2 Å². The third-order valence-electron chi connectivity index (χ3n) is 4.05. The van der Waals surface area contributed by atoms with E-state index in [0.29, 0.717) is 18.8 Å².